The van der Waals surface area contributed by atoms with Crippen LogP contribution in [0.4, 0.5) is 5.69 Å². The Labute approximate surface area is 279 Å². The van der Waals surface area contributed by atoms with Gasteiger partial charge in [0, 0.05) is 25.2 Å². The number of nitrogens with two attached hydrogens (primary N) is 1. The Bertz CT molecular complexity index is 1090. The molecule has 0 spiro atoms. The molecule has 0 aliphatic heterocycles. The van der Waals surface area contributed by atoms with Crippen LogP contribution in [-0.2, 0) is 26.0 Å². The summed E-state index contributed by atoms with van der Waals surface area (Å²) in [6.07, 6.45) is 1.91. The number of sulfonamides is 1. The number of aliphatic carboxylic acids is 1. The molecule has 0 saturated heterocycles. The van der Waals surface area contributed by atoms with E-state index in [0.717, 1.165) is 15.6 Å². The summed E-state index contributed by atoms with van der Waals surface area (Å²) < 4.78 is 32.6. The van der Waals surface area contributed by atoms with Gasteiger partial charge in [-0.25, -0.2) is 8.42 Å². The summed E-state index contributed by atoms with van der Waals surface area (Å²) in [7, 11) is -2.48. The topological polar surface area (TPSA) is 142 Å². The Morgan fingerprint density at radius 1 is 1.05 bits per heavy atom. The Kier molecular flexibility index (Phi) is 15.4. The molecule has 0 aromatic heterocycles. The fourth-order valence-electron chi connectivity index (χ4n) is 3.74. The smallest absolute Gasteiger partial charge is 0.548 e. The van der Waals surface area contributed by atoms with Gasteiger partial charge in [0.2, 0.25) is 15.9 Å². The van der Waals surface area contributed by atoms with E-state index in [1.54, 1.807) is 7.11 Å². The van der Waals surface area contributed by atoms with Gasteiger partial charge in [0.1, 0.15) is 5.75 Å². The summed E-state index contributed by atoms with van der Waals surface area (Å²) in [5.74, 6) is -0.889. The quantitative estimate of drug-likeness (QED) is 0.185. The van der Waals surface area contributed by atoms with Crippen molar-refractivity contribution in [1.82, 2.24) is 9.62 Å². The first-order chi connectivity index (χ1) is 17.0. The number of carboxylic acids is 1. The minimum absolute atomic E-state index is 0. The molecule has 0 unspecified atom stereocenters. The number of anilines is 1. The predicted molar refractivity (Wildman–Crippen MR) is 137 cm³/mol. The van der Waals surface area contributed by atoms with Crippen molar-refractivity contribution in [2.75, 3.05) is 25.9 Å². The molecule has 2 aromatic carbocycles. The average molecular weight is 652 g/mol. The number of carbonyl (C=O) groups is 2. The maximum Gasteiger partial charge on any atom is 1.00 e. The average Bonchev–Trinajstić information content (AvgIpc) is 2.84. The van der Waals surface area contributed by atoms with Crippen molar-refractivity contribution in [3.63, 3.8) is 0 Å². The molecule has 2 aromatic rings. The van der Waals surface area contributed by atoms with E-state index in [1.807, 2.05) is 38.1 Å². The number of nitrogen functional groups attached to an aromatic ring is 1. The van der Waals surface area contributed by atoms with Crippen LogP contribution in [0.1, 0.15) is 45.1 Å². The van der Waals surface area contributed by atoms with Gasteiger partial charge in [-0.05, 0) is 73.6 Å². The van der Waals surface area contributed by atoms with E-state index < -0.39 is 22.0 Å². The third-order valence-electron chi connectivity index (χ3n) is 5.68. The zero-order valence-corrected chi connectivity index (χ0v) is 29.2. The van der Waals surface area contributed by atoms with Gasteiger partial charge in [0.25, 0.3) is 0 Å². The van der Waals surface area contributed by atoms with Crippen molar-refractivity contribution < 1.29 is 96.7 Å². The molecule has 0 aliphatic rings. The Morgan fingerprint density at radius 3 is 2.22 bits per heavy atom. The number of methoxy groups -OCH3 is 1. The first-order valence-electron chi connectivity index (χ1n) is 12.0. The van der Waals surface area contributed by atoms with Gasteiger partial charge in [-0.2, -0.15) is 4.31 Å². The Hall–Kier alpha value is -1.06. The summed E-state index contributed by atoms with van der Waals surface area (Å²) in [4.78, 5) is 24.1. The van der Waals surface area contributed by atoms with Gasteiger partial charge in [0.15, 0.2) is 0 Å². The van der Waals surface area contributed by atoms with E-state index in [0.29, 0.717) is 37.9 Å². The second kappa shape index (κ2) is 16.8. The molecule has 0 radical (unpaired) electrons. The van der Waals surface area contributed by atoms with E-state index in [2.05, 4.69) is 5.32 Å². The Morgan fingerprint density at radius 2 is 1.68 bits per heavy atom. The van der Waals surface area contributed by atoms with E-state index in [-0.39, 0.29) is 98.6 Å². The zero-order valence-electron chi connectivity index (χ0n) is 22.1. The number of unbranched alkanes of at least 4 members (excludes halogenated alkanes) is 1. The van der Waals surface area contributed by atoms with Crippen LogP contribution < -0.4 is 89.8 Å². The van der Waals surface area contributed by atoms with Gasteiger partial charge in [-0.1, -0.05) is 26.0 Å². The summed E-state index contributed by atoms with van der Waals surface area (Å²) in [6.45, 7) is 4.04. The number of carboxylic acid groups (broad SMARTS) is 1. The number of hydrogen-bond donors (Lipinski definition) is 2. The number of hydrogen-bond acceptors (Lipinski definition) is 7. The number of amides is 1. The van der Waals surface area contributed by atoms with Crippen LogP contribution in [0.15, 0.2) is 53.4 Å². The molecule has 2 rings (SSSR count). The maximum atomic E-state index is 13.3. The van der Waals surface area contributed by atoms with Gasteiger partial charge < -0.3 is 25.7 Å². The molecule has 9 nitrogen and oxygen atoms in total. The van der Waals surface area contributed by atoms with Crippen LogP contribution >= 0.6 is 0 Å². The first-order valence-corrected chi connectivity index (χ1v) is 13.5. The molecule has 1 atom stereocenters. The number of carbonyl (C=O) groups excluding carboxylic acids is 2. The number of rotatable bonds is 15. The number of nitrogens with zero attached hydrogens (tertiary/aromatic N) is 1. The molecule has 0 saturated carbocycles. The first kappa shape index (κ1) is 34.0. The van der Waals surface area contributed by atoms with Crippen molar-refractivity contribution in [3.8, 4) is 5.75 Å². The third kappa shape index (κ3) is 11.3. The fourth-order valence-corrected chi connectivity index (χ4v) is 5.51. The summed E-state index contributed by atoms with van der Waals surface area (Å²) >= 11 is 0. The molecule has 0 heterocycles. The molecule has 0 aliphatic carbocycles. The molecular weight excluding hydrogens is 615 g/mol. The van der Waals surface area contributed by atoms with Crippen molar-refractivity contribution >= 4 is 27.6 Å². The normalized spacial score (nSPS) is 12.1. The summed E-state index contributed by atoms with van der Waals surface area (Å²) in [5, 5.41) is 14.8. The van der Waals surface area contributed by atoms with Gasteiger partial charge >= 0.3 is 68.9 Å². The number of benzene rings is 2. The number of nitrogens with one attached hydrogen (secondary N) is 1. The van der Waals surface area contributed by atoms with Gasteiger partial charge in [0.05, 0.1) is 24.0 Å². The fraction of sp³-hybridized carbons (Fsp3) is 0.462. The standard InChI is InChI=1S/C26H37N3O6S.Cs/c1-19(2)18-29(36(33,34)23-14-10-21(27)11-15-23)24(26(31)32)6-4-5-17-28-25(30)16-9-20-7-12-22(35-3)13-8-20;/h7-8,10-15,19,24H,4-6,9,16-18,27H2,1-3H3,(H,28,30)(H,31,32);/q;+1/p-1/t24-;/m0./s1. The molecule has 0 bridgehead atoms. The van der Waals surface area contributed by atoms with Crippen LogP contribution in [0.25, 0.3) is 0 Å². The largest absolute Gasteiger partial charge is 1.00 e. The maximum absolute atomic E-state index is 13.3. The van der Waals surface area contributed by atoms with Crippen molar-refractivity contribution in [1.29, 1.82) is 0 Å². The van der Waals surface area contributed by atoms with E-state index in [4.69, 9.17) is 10.5 Å². The van der Waals surface area contributed by atoms with Crippen molar-refractivity contribution in [2.45, 2.75) is 56.9 Å². The molecular formula is C26H36CsN3O6S. The summed E-state index contributed by atoms with van der Waals surface area (Å²) in [5.41, 5.74) is 7.09. The minimum atomic E-state index is -4.07. The van der Waals surface area contributed by atoms with E-state index >= 15 is 0 Å². The van der Waals surface area contributed by atoms with Gasteiger partial charge in [-0.3, -0.25) is 4.79 Å². The van der Waals surface area contributed by atoms with Crippen LogP contribution in [-0.4, -0.2) is 50.8 Å². The SMILES string of the molecule is COc1ccc(CCC(=O)NCCCC[C@@H](C(=O)[O-])N(CC(C)C)S(=O)(=O)c2ccc(N)cc2)cc1.[Cs+]. The van der Waals surface area contributed by atoms with Crippen LogP contribution in [0.3, 0.4) is 0 Å². The minimum Gasteiger partial charge on any atom is -0.548 e. The van der Waals surface area contributed by atoms with Crippen LogP contribution in [0, 0.1) is 5.92 Å². The molecule has 37 heavy (non-hydrogen) atoms. The predicted octanol–water partition coefficient (Wildman–Crippen LogP) is -1.03. The number of aryl methyl sites for hydroxylation is 1. The Balaban J connectivity index is 0.00000684. The monoisotopic (exact) mass is 651 g/mol. The van der Waals surface area contributed by atoms with Crippen LogP contribution in [0.5, 0.6) is 5.75 Å². The molecule has 0 fully saturated rings. The molecule has 198 valence electrons. The molecule has 3 N–H and O–H groups in total. The third-order valence-corrected chi connectivity index (χ3v) is 7.57. The zero-order chi connectivity index (χ0) is 26.7. The molecule has 1 amide bonds. The van der Waals surface area contributed by atoms with E-state index in [1.165, 1.54) is 24.3 Å². The second-order valence-corrected chi connectivity index (χ2v) is 11.0. The van der Waals surface area contributed by atoms with Crippen molar-refractivity contribution in [3.05, 3.63) is 54.1 Å². The second-order valence-electron chi connectivity index (χ2n) is 9.07. The number of ether oxygens (including phenoxy) is 1. The van der Waals surface area contributed by atoms with Crippen LogP contribution in [0.2, 0.25) is 0 Å². The summed E-state index contributed by atoms with van der Waals surface area (Å²) in [6, 6.07) is 11.9. The van der Waals surface area contributed by atoms with Gasteiger partial charge in [-0.15, -0.1) is 0 Å². The van der Waals surface area contributed by atoms with Crippen molar-refractivity contribution in [2.24, 2.45) is 5.92 Å². The van der Waals surface area contributed by atoms with E-state index in [9.17, 15) is 23.1 Å². The molecule has 11 heteroatoms.